The minimum atomic E-state index is -0.931. The summed E-state index contributed by atoms with van der Waals surface area (Å²) in [6.45, 7) is 14.3. The number of aromatic amines is 1. The highest BCUT2D eigenvalue weighted by molar-refractivity contribution is 6.22. The minimum absolute atomic E-state index is 0.122. The van der Waals surface area contributed by atoms with E-state index in [1.165, 1.54) is 14.2 Å². The van der Waals surface area contributed by atoms with Crippen molar-refractivity contribution in [2.24, 2.45) is 15.9 Å². The van der Waals surface area contributed by atoms with Gasteiger partial charge in [0, 0.05) is 29.5 Å². The van der Waals surface area contributed by atoms with Gasteiger partial charge in [0.25, 0.3) is 0 Å². The molecule has 0 saturated heterocycles. The van der Waals surface area contributed by atoms with E-state index in [0.29, 0.717) is 12.8 Å². The number of H-pyrrole nitrogens is 1. The molecule has 45 heavy (non-hydrogen) atoms. The van der Waals surface area contributed by atoms with Crippen LogP contribution in [0.25, 0.3) is 12.2 Å². The van der Waals surface area contributed by atoms with Crippen LogP contribution in [0.3, 0.4) is 0 Å². The number of aliphatic hydroxyl groups excluding tert-OH is 1. The molecule has 5 atom stereocenters. The van der Waals surface area contributed by atoms with E-state index in [0.717, 1.165) is 50.1 Å². The highest BCUT2D eigenvalue weighted by Gasteiger charge is 2.58. The number of allylic oxidation sites excluding steroid dienone is 3. The van der Waals surface area contributed by atoms with Gasteiger partial charge in [-0.3, -0.25) is 19.9 Å². The average Bonchev–Trinajstić information content (AvgIpc) is 3.75. The molecule has 0 aliphatic carbocycles. The fourth-order valence-electron chi connectivity index (χ4n) is 7.91. The maximum Gasteiger partial charge on any atom is 0.305 e. The monoisotopic (exact) mass is 612 g/mol. The summed E-state index contributed by atoms with van der Waals surface area (Å²) in [4.78, 5) is 39.0. The summed E-state index contributed by atoms with van der Waals surface area (Å²) in [6.07, 6.45) is 12.2. The van der Waals surface area contributed by atoms with Crippen LogP contribution in [-0.4, -0.2) is 70.4 Å². The van der Waals surface area contributed by atoms with E-state index in [-0.39, 0.29) is 30.7 Å². The fourth-order valence-corrected chi connectivity index (χ4v) is 7.91. The Hall–Kier alpha value is -4.08. The van der Waals surface area contributed by atoms with E-state index >= 15 is 0 Å². The van der Waals surface area contributed by atoms with Gasteiger partial charge in [0.1, 0.15) is 0 Å². The molecule has 4 aliphatic heterocycles. The van der Waals surface area contributed by atoms with E-state index in [9.17, 15) is 14.7 Å². The zero-order valence-corrected chi connectivity index (χ0v) is 27.3. The zero-order chi connectivity index (χ0) is 32.7. The zero-order valence-electron chi connectivity index (χ0n) is 27.3. The molecule has 0 saturated carbocycles. The molecule has 5 rings (SSSR count). The summed E-state index contributed by atoms with van der Waals surface area (Å²) in [5.74, 6) is -0.988. The number of ether oxygens (including phenoxy) is 2. The molecule has 0 spiro atoms. The van der Waals surface area contributed by atoms with Gasteiger partial charge < -0.3 is 19.6 Å². The third-order valence-corrected chi connectivity index (χ3v) is 10.1. The van der Waals surface area contributed by atoms with Crippen molar-refractivity contribution in [3.63, 3.8) is 0 Å². The lowest BCUT2D eigenvalue weighted by atomic mass is 9.64. The second-order valence-corrected chi connectivity index (χ2v) is 12.6. The molecule has 3 N–H and O–H groups in total. The molecule has 0 radical (unpaired) electrons. The Morgan fingerprint density at radius 2 is 1.78 bits per heavy atom. The molecule has 0 fully saturated rings. The molecule has 238 valence electrons. The second kappa shape index (κ2) is 12.0. The van der Waals surface area contributed by atoms with Gasteiger partial charge in [0.2, 0.25) is 0 Å². The summed E-state index contributed by atoms with van der Waals surface area (Å²) in [5, 5.41) is 16.9. The Morgan fingerprint density at radius 3 is 2.42 bits per heavy atom. The van der Waals surface area contributed by atoms with E-state index in [1.54, 1.807) is 6.92 Å². The molecule has 9 nitrogen and oxygen atoms in total. The molecule has 9 heteroatoms. The highest BCUT2D eigenvalue weighted by Crippen LogP contribution is 2.53. The van der Waals surface area contributed by atoms with Crippen LogP contribution >= 0.6 is 0 Å². The van der Waals surface area contributed by atoms with E-state index < -0.39 is 22.7 Å². The molecule has 5 unspecified atom stereocenters. The van der Waals surface area contributed by atoms with Gasteiger partial charge in [-0.25, -0.2) is 4.99 Å². The number of rotatable bonds is 8. The lowest BCUT2D eigenvalue weighted by Crippen LogP contribution is -2.59. The third-order valence-electron chi connectivity index (χ3n) is 10.1. The number of carbonyl (C=O) groups excluding carboxylic acids is 2. The highest BCUT2D eigenvalue weighted by atomic mass is 16.5. The molecular formula is C36H44N4O5. The maximum atomic E-state index is 12.7. The van der Waals surface area contributed by atoms with Crippen LogP contribution in [0.15, 0.2) is 81.0 Å². The number of aromatic nitrogens is 1. The van der Waals surface area contributed by atoms with Crippen molar-refractivity contribution in [2.75, 3.05) is 14.2 Å². The molecule has 1 aromatic heterocycles. The minimum Gasteiger partial charge on any atom is -0.469 e. The Balaban J connectivity index is 1.84. The smallest absolute Gasteiger partial charge is 0.305 e. The van der Waals surface area contributed by atoms with Crippen molar-refractivity contribution in [3.8, 4) is 0 Å². The topological polar surface area (TPSA) is 125 Å². The van der Waals surface area contributed by atoms with Crippen molar-refractivity contribution in [1.29, 1.82) is 0 Å². The molecule has 5 heterocycles. The van der Waals surface area contributed by atoms with Gasteiger partial charge in [-0.05, 0) is 105 Å². The number of carbonyl (C=O) groups is 2. The number of nitrogens with zero attached hydrogens (tertiary/aromatic N) is 2. The van der Waals surface area contributed by atoms with Gasteiger partial charge in [-0.15, -0.1) is 6.58 Å². The van der Waals surface area contributed by atoms with Crippen molar-refractivity contribution < 1.29 is 24.2 Å². The number of methoxy groups -OCH3 is 2. The van der Waals surface area contributed by atoms with Crippen molar-refractivity contribution in [3.05, 3.63) is 81.7 Å². The van der Waals surface area contributed by atoms with Crippen molar-refractivity contribution in [1.82, 2.24) is 10.3 Å². The molecule has 8 bridgehead atoms. The molecular weight excluding hydrogens is 568 g/mol. The number of nitrogens with one attached hydrogen (secondary N) is 2. The average molecular weight is 613 g/mol. The predicted molar refractivity (Wildman–Crippen MR) is 177 cm³/mol. The maximum absolute atomic E-state index is 12.7. The van der Waals surface area contributed by atoms with Crippen LogP contribution < -0.4 is 16.0 Å². The number of aliphatic hydroxyl groups is 1. The quantitative estimate of drug-likeness (QED) is 0.305. The van der Waals surface area contributed by atoms with Crippen molar-refractivity contribution in [2.45, 2.75) is 83.0 Å². The van der Waals surface area contributed by atoms with Crippen LogP contribution in [0, 0.1) is 5.92 Å². The first-order valence-electron chi connectivity index (χ1n) is 15.5. The van der Waals surface area contributed by atoms with Crippen LogP contribution in [0.4, 0.5) is 0 Å². The van der Waals surface area contributed by atoms with Crippen LogP contribution in [0.1, 0.15) is 60.3 Å². The van der Waals surface area contributed by atoms with Crippen LogP contribution in [-0.2, 0) is 19.1 Å². The van der Waals surface area contributed by atoms with Crippen LogP contribution in [0.5, 0.6) is 0 Å². The first-order chi connectivity index (χ1) is 21.3. The molecule has 0 aromatic carbocycles. The number of hydrogen-bond acceptors (Lipinski definition) is 8. The second-order valence-electron chi connectivity index (χ2n) is 12.6. The first kappa shape index (κ1) is 32.3. The number of aliphatic imine (C=N–C) groups is 2. The van der Waals surface area contributed by atoms with E-state index in [1.807, 2.05) is 63.3 Å². The lowest BCUT2D eigenvalue weighted by Gasteiger charge is -2.47. The summed E-state index contributed by atoms with van der Waals surface area (Å²) in [5.41, 5.74) is 3.45. The molecule has 4 aliphatic rings. The molecule has 0 amide bonds. The van der Waals surface area contributed by atoms with Gasteiger partial charge in [-0.2, -0.15) is 0 Å². The largest absolute Gasteiger partial charge is 0.469 e. The third kappa shape index (κ3) is 5.53. The summed E-state index contributed by atoms with van der Waals surface area (Å²) in [7, 11) is 2.77. The SMILES string of the molecule is C=CC12NC(C)(C=C3C=CC(=N3)C=c3ccc([nH]3)=CC3=NC(CCC(=O)OC)(C(CCC(=O)OC)=C3C)C1C)C(C(C)O)=C2C. The number of hydrogen-bond donors (Lipinski definition) is 3. The standard InChI is InChI=1S/C36H44N4O5/c1-9-35-22(3)33(23(4)41)34(6,40-35)20-28-13-12-26(38-28)18-25-10-11-27(37-25)19-30-21(2)29(14-15-31(42)44-7)36(39-30,24(35)5)17-16-32(43)45-8/h9-13,18-20,23-24,37,40-41H,1,14-17H2,2-8H3. The fraction of sp³-hybridized carbons (Fsp3) is 0.444. The summed E-state index contributed by atoms with van der Waals surface area (Å²) >= 11 is 0. The van der Waals surface area contributed by atoms with Gasteiger partial charge in [-0.1, -0.05) is 13.0 Å². The predicted octanol–water partition coefficient (Wildman–Crippen LogP) is 3.52. The van der Waals surface area contributed by atoms with Crippen molar-refractivity contribution >= 4 is 35.5 Å². The van der Waals surface area contributed by atoms with Gasteiger partial charge in [0.15, 0.2) is 0 Å². The van der Waals surface area contributed by atoms with Gasteiger partial charge >= 0.3 is 11.9 Å². The summed E-state index contributed by atoms with van der Waals surface area (Å²) < 4.78 is 10.1. The van der Waals surface area contributed by atoms with Crippen LogP contribution in [0.2, 0.25) is 0 Å². The number of esters is 2. The summed E-state index contributed by atoms with van der Waals surface area (Å²) in [6, 6.07) is 4.00. The molecule has 1 aromatic rings. The Labute approximate surface area is 264 Å². The van der Waals surface area contributed by atoms with Gasteiger partial charge in [0.05, 0.1) is 54.1 Å². The van der Waals surface area contributed by atoms with E-state index in [4.69, 9.17) is 19.5 Å². The Bertz CT molecular complexity index is 1750. The van der Waals surface area contributed by atoms with E-state index in [2.05, 4.69) is 29.9 Å². The first-order valence-corrected chi connectivity index (χ1v) is 15.5. The Kier molecular flexibility index (Phi) is 8.63. The Morgan fingerprint density at radius 1 is 1.11 bits per heavy atom. The number of fused-ring (bicyclic) bond motifs is 6. The lowest BCUT2D eigenvalue weighted by molar-refractivity contribution is -0.142. The normalized spacial score (nSPS) is 29.4.